The largest absolute Gasteiger partial charge is 0.346 e. The highest BCUT2D eigenvalue weighted by atomic mass is 16.1. The van der Waals surface area contributed by atoms with E-state index < -0.39 is 0 Å². The van der Waals surface area contributed by atoms with Crippen molar-refractivity contribution in [2.45, 2.75) is 26.8 Å². The Kier molecular flexibility index (Phi) is 3.09. The second-order valence-corrected chi connectivity index (χ2v) is 4.26. The van der Waals surface area contributed by atoms with E-state index in [9.17, 15) is 9.59 Å². The van der Waals surface area contributed by atoms with Crippen molar-refractivity contribution in [2.24, 2.45) is 0 Å². The Bertz CT molecular complexity index is 581. The molecule has 0 atom stereocenters. The summed E-state index contributed by atoms with van der Waals surface area (Å²) in [5.41, 5.74) is 1.74. The molecule has 0 aliphatic rings. The molecule has 88 valence electrons. The number of Topliss-reactive ketones (excluding diaryl/α,β-unsaturated/α-hetero) is 2. The number of fused-ring (bicyclic) bond motifs is 1. The van der Waals surface area contributed by atoms with Gasteiger partial charge in [-0.1, -0.05) is 18.2 Å². The van der Waals surface area contributed by atoms with Crippen molar-refractivity contribution < 1.29 is 9.59 Å². The van der Waals surface area contributed by atoms with Gasteiger partial charge in [-0.25, -0.2) is 0 Å². The van der Waals surface area contributed by atoms with E-state index in [0.717, 1.165) is 16.5 Å². The van der Waals surface area contributed by atoms with Gasteiger partial charge in [0.15, 0.2) is 5.78 Å². The van der Waals surface area contributed by atoms with Crippen LogP contribution in [0.1, 0.15) is 30.6 Å². The van der Waals surface area contributed by atoms with E-state index in [1.807, 2.05) is 35.0 Å². The van der Waals surface area contributed by atoms with Gasteiger partial charge in [0.25, 0.3) is 0 Å². The first kappa shape index (κ1) is 11.6. The Balaban J connectivity index is 2.49. The van der Waals surface area contributed by atoms with Crippen molar-refractivity contribution in [2.75, 3.05) is 0 Å². The number of para-hydroxylation sites is 1. The first-order valence-corrected chi connectivity index (χ1v) is 5.68. The van der Waals surface area contributed by atoms with E-state index >= 15 is 0 Å². The van der Waals surface area contributed by atoms with E-state index in [-0.39, 0.29) is 11.6 Å². The molecular weight excluding hydrogens is 214 g/mol. The van der Waals surface area contributed by atoms with E-state index in [2.05, 4.69) is 0 Å². The number of hydrogen-bond acceptors (Lipinski definition) is 2. The van der Waals surface area contributed by atoms with Gasteiger partial charge in [-0.2, -0.15) is 0 Å². The van der Waals surface area contributed by atoms with Crippen LogP contribution in [0.5, 0.6) is 0 Å². The molecule has 2 aromatic rings. The smallest absolute Gasteiger partial charge is 0.161 e. The Morgan fingerprint density at radius 3 is 2.53 bits per heavy atom. The number of rotatable bonds is 4. The molecule has 0 saturated carbocycles. The van der Waals surface area contributed by atoms with Gasteiger partial charge in [-0.3, -0.25) is 9.59 Å². The fourth-order valence-electron chi connectivity index (χ4n) is 1.99. The first-order chi connectivity index (χ1) is 8.09. The molecule has 1 heterocycles. The quantitative estimate of drug-likeness (QED) is 0.756. The molecule has 0 aliphatic carbocycles. The Morgan fingerprint density at radius 1 is 1.18 bits per heavy atom. The molecule has 0 bridgehead atoms. The van der Waals surface area contributed by atoms with Gasteiger partial charge < -0.3 is 4.57 Å². The normalized spacial score (nSPS) is 10.7. The van der Waals surface area contributed by atoms with Gasteiger partial charge in [0, 0.05) is 35.6 Å². The second-order valence-electron chi connectivity index (χ2n) is 4.26. The lowest BCUT2D eigenvalue weighted by Gasteiger charge is -2.02. The molecule has 0 amide bonds. The standard InChI is InChI=1S/C14H15NO2/c1-10(16)7-8-15-9-13(11(2)17)12-5-3-4-6-14(12)15/h3-6,9H,7-8H2,1-2H3. The molecule has 0 spiro atoms. The van der Waals surface area contributed by atoms with Gasteiger partial charge in [0.05, 0.1) is 0 Å². The number of aryl methyl sites for hydroxylation is 1. The molecule has 1 aromatic carbocycles. The number of carbonyl (C=O) groups is 2. The number of aromatic nitrogens is 1. The van der Waals surface area contributed by atoms with Crippen LogP contribution in [0.15, 0.2) is 30.5 Å². The van der Waals surface area contributed by atoms with Crippen molar-refractivity contribution in [3.05, 3.63) is 36.0 Å². The summed E-state index contributed by atoms with van der Waals surface area (Å²) < 4.78 is 1.98. The maximum absolute atomic E-state index is 11.5. The average molecular weight is 229 g/mol. The Hall–Kier alpha value is -1.90. The maximum atomic E-state index is 11.5. The van der Waals surface area contributed by atoms with Crippen molar-refractivity contribution in [1.29, 1.82) is 0 Å². The fraction of sp³-hybridized carbons (Fsp3) is 0.286. The summed E-state index contributed by atoms with van der Waals surface area (Å²) in [6.07, 6.45) is 2.34. The minimum Gasteiger partial charge on any atom is -0.346 e. The molecule has 0 aliphatic heterocycles. The first-order valence-electron chi connectivity index (χ1n) is 5.68. The van der Waals surface area contributed by atoms with Crippen LogP contribution in [0, 0.1) is 0 Å². The summed E-state index contributed by atoms with van der Waals surface area (Å²) in [6.45, 7) is 3.78. The molecule has 3 nitrogen and oxygen atoms in total. The third-order valence-electron chi connectivity index (χ3n) is 2.87. The zero-order valence-corrected chi connectivity index (χ0v) is 10.1. The van der Waals surface area contributed by atoms with E-state index in [4.69, 9.17) is 0 Å². The molecule has 0 unspecified atom stereocenters. The molecule has 3 heteroatoms. The van der Waals surface area contributed by atoms with Gasteiger partial charge >= 0.3 is 0 Å². The summed E-state index contributed by atoms with van der Waals surface area (Å²) in [7, 11) is 0. The summed E-state index contributed by atoms with van der Waals surface area (Å²) in [5, 5.41) is 0.962. The van der Waals surface area contributed by atoms with Gasteiger partial charge in [0.2, 0.25) is 0 Å². The molecule has 0 radical (unpaired) electrons. The molecule has 0 N–H and O–H groups in total. The van der Waals surface area contributed by atoms with Crippen LogP contribution in [-0.4, -0.2) is 16.1 Å². The molecule has 17 heavy (non-hydrogen) atoms. The summed E-state index contributed by atoms with van der Waals surface area (Å²) in [6, 6.07) is 7.78. The SMILES string of the molecule is CC(=O)CCn1cc(C(C)=O)c2ccccc21. The Morgan fingerprint density at radius 2 is 1.88 bits per heavy atom. The van der Waals surface area contributed by atoms with Crippen LogP contribution in [0.3, 0.4) is 0 Å². The highest BCUT2D eigenvalue weighted by molar-refractivity contribution is 6.06. The highest BCUT2D eigenvalue weighted by Gasteiger charge is 2.11. The minimum absolute atomic E-state index is 0.0581. The van der Waals surface area contributed by atoms with E-state index in [1.54, 1.807) is 13.8 Å². The van der Waals surface area contributed by atoms with Crippen LogP contribution in [0.2, 0.25) is 0 Å². The number of hydrogen-bond donors (Lipinski definition) is 0. The lowest BCUT2D eigenvalue weighted by molar-refractivity contribution is -0.117. The Labute approximate surface area is 100 Å². The van der Waals surface area contributed by atoms with Crippen molar-refractivity contribution >= 4 is 22.5 Å². The number of nitrogens with zero attached hydrogens (tertiary/aromatic N) is 1. The summed E-state index contributed by atoms with van der Waals surface area (Å²) >= 11 is 0. The predicted molar refractivity (Wildman–Crippen MR) is 67.2 cm³/mol. The van der Waals surface area contributed by atoms with Crippen molar-refractivity contribution in [3.8, 4) is 0 Å². The minimum atomic E-state index is 0.0581. The van der Waals surface area contributed by atoms with Gasteiger partial charge in [-0.15, -0.1) is 0 Å². The van der Waals surface area contributed by atoms with Gasteiger partial charge in [-0.05, 0) is 19.9 Å². The third-order valence-corrected chi connectivity index (χ3v) is 2.87. The molecular formula is C14H15NO2. The monoisotopic (exact) mass is 229 g/mol. The van der Waals surface area contributed by atoms with E-state index in [0.29, 0.717) is 13.0 Å². The third kappa shape index (κ3) is 2.28. The average Bonchev–Trinajstić information content (AvgIpc) is 2.65. The lowest BCUT2D eigenvalue weighted by Crippen LogP contribution is -2.01. The molecule has 0 fully saturated rings. The fourth-order valence-corrected chi connectivity index (χ4v) is 1.99. The number of ketones is 2. The number of benzene rings is 1. The highest BCUT2D eigenvalue weighted by Crippen LogP contribution is 2.21. The van der Waals surface area contributed by atoms with E-state index in [1.165, 1.54) is 0 Å². The van der Waals surface area contributed by atoms with Crippen LogP contribution >= 0.6 is 0 Å². The van der Waals surface area contributed by atoms with Crippen molar-refractivity contribution in [1.82, 2.24) is 4.57 Å². The molecule has 0 saturated heterocycles. The van der Waals surface area contributed by atoms with Crippen LogP contribution in [0.4, 0.5) is 0 Å². The van der Waals surface area contributed by atoms with Gasteiger partial charge in [0.1, 0.15) is 5.78 Å². The summed E-state index contributed by atoms with van der Waals surface area (Å²) in [4.78, 5) is 22.5. The van der Waals surface area contributed by atoms with Crippen molar-refractivity contribution in [3.63, 3.8) is 0 Å². The van der Waals surface area contributed by atoms with Crippen LogP contribution in [-0.2, 0) is 11.3 Å². The molecule has 1 aromatic heterocycles. The lowest BCUT2D eigenvalue weighted by atomic mass is 10.1. The number of carbonyl (C=O) groups excluding carboxylic acids is 2. The topological polar surface area (TPSA) is 39.1 Å². The summed E-state index contributed by atoms with van der Waals surface area (Å²) in [5.74, 6) is 0.218. The maximum Gasteiger partial charge on any atom is 0.161 e. The van der Waals surface area contributed by atoms with Crippen LogP contribution in [0.25, 0.3) is 10.9 Å². The molecule has 2 rings (SSSR count). The van der Waals surface area contributed by atoms with Crippen LogP contribution < -0.4 is 0 Å². The zero-order chi connectivity index (χ0) is 12.4. The zero-order valence-electron chi connectivity index (χ0n) is 10.1. The predicted octanol–water partition coefficient (Wildman–Crippen LogP) is 2.82. The second kappa shape index (κ2) is 4.53.